The van der Waals surface area contributed by atoms with Crippen LogP contribution >= 0.6 is 15.9 Å². The second-order valence-electron chi connectivity index (χ2n) is 3.02. The van der Waals surface area contributed by atoms with Gasteiger partial charge < -0.3 is 0 Å². The lowest BCUT2D eigenvalue weighted by atomic mass is 10.4. The molecule has 1 aromatic carbocycles. The summed E-state index contributed by atoms with van der Waals surface area (Å²) >= 11 is 3.19. The molecule has 7 heteroatoms. The van der Waals surface area contributed by atoms with Crippen molar-refractivity contribution in [3.8, 4) is 0 Å². The predicted octanol–water partition coefficient (Wildman–Crippen LogP) is 1.97. The van der Waals surface area contributed by atoms with Gasteiger partial charge in [-0.15, -0.1) is 0 Å². The van der Waals surface area contributed by atoms with Gasteiger partial charge in [-0.3, -0.25) is 9.82 Å². The molecule has 0 aliphatic heterocycles. The Hall–Kier alpha value is -1.34. The third-order valence-corrected chi connectivity index (χ3v) is 4.27. The molecule has 0 atom stereocenters. The number of H-pyrrole nitrogens is 1. The largest absolute Gasteiger partial charge is 0.284 e. The van der Waals surface area contributed by atoms with Gasteiger partial charge in [0.15, 0.2) is 0 Å². The highest BCUT2D eigenvalue weighted by molar-refractivity contribution is 9.10. The second kappa shape index (κ2) is 4.26. The first-order chi connectivity index (χ1) is 7.59. The molecule has 2 aromatic rings. The molecule has 2 rings (SSSR count). The van der Waals surface area contributed by atoms with Crippen LogP contribution in [-0.2, 0) is 10.0 Å². The lowest BCUT2D eigenvalue weighted by Gasteiger charge is -2.06. The van der Waals surface area contributed by atoms with Crippen LogP contribution in [0.15, 0.2) is 46.0 Å². The van der Waals surface area contributed by atoms with E-state index < -0.39 is 10.0 Å². The van der Waals surface area contributed by atoms with E-state index in [-0.39, 0.29) is 4.90 Å². The molecular formula is C9H8BrN3O2S. The van der Waals surface area contributed by atoms with Crippen LogP contribution in [0.1, 0.15) is 0 Å². The Kier molecular flexibility index (Phi) is 2.97. The molecular weight excluding hydrogens is 294 g/mol. The van der Waals surface area contributed by atoms with E-state index in [9.17, 15) is 8.42 Å². The van der Waals surface area contributed by atoms with E-state index in [0.717, 1.165) is 0 Å². The highest BCUT2D eigenvalue weighted by atomic mass is 79.9. The summed E-state index contributed by atoms with van der Waals surface area (Å²) in [5.74, 6) is 0. The molecule has 0 unspecified atom stereocenters. The highest BCUT2D eigenvalue weighted by Gasteiger charge is 2.17. The molecule has 0 amide bonds. The minimum absolute atomic E-state index is 0.191. The quantitative estimate of drug-likeness (QED) is 0.910. The summed E-state index contributed by atoms with van der Waals surface area (Å²) in [4.78, 5) is 0.191. The van der Waals surface area contributed by atoms with Crippen molar-refractivity contribution >= 4 is 31.6 Å². The molecule has 5 nitrogen and oxygen atoms in total. The molecule has 0 aliphatic rings. The van der Waals surface area contributed by atoms with Gasteiger partial charge in [-0.1, -0.05) is 12.1 Å². The van der Waals surface area contributed by atoms with Gasteiger partial charge in [-0.25, -0.2) is 8.42 Å². The van der Waals surface area contributed by atoms with Gasteiger partial charge in [-0.05, 0) is 28.1 Å². The van der Waals surface area contributed by atoms with E-state index in [1.165, 1.54) is 18.5 Å². The summed E-state index contributed by atoms with van der Waals surface area (Å²) in [6.45, 7) is 0. The second-order valence-corrected chi connectivity index (χ2v) is 5.53. The minimum atomic E-state index is -3.57. The maximum atomic E-state index is 11.9. The standard InChI is InChI=1S/C9H8BrN3O2S/c10-8-3-1-2-4-9(8)16(14,15)13-7-5-11-12-6-7/h1-6,13H,(H,11,12). The first-order valence-corrected chi connectivity index (χ1v) is 6.63. The zero-order valence-corrected chi connectivity index (χ0v) is 10.4. The number of benzene rings is 1. The normalized spacial score (nSPS) is 11.3. The third kappa shape index (κ3) is 2.25. The molecule has 0 fully saturated rings. The van der Waals surface area contributed by atoms with Crippen LogP contribution < -0.4 is 4.72 Å². The maximum Gasteiger partial charge on any atom is 0.263 e. The number of halogens is 1. The summed E-state index contributed by atoms with van der Waals surface area (Å²) < 4.78 is 26.8. The average molecular weight is 302 g/mol. The monoisotopic (exact) mass is 301 g/mol. The maximum absolute atomic E-state index is 11.9. The van der Waals surface area contributed by atoms with Crippen LogP contribution in [-0.4, -0.2) is 18.6 Å². The van der Waals surface area contributed by atoms with E-state index in [1.54, 1.807) is 18.2 Å². The summed E-state index contributed by atoms with van der Waals surface area (Å²) in [5.41, 5.74) is 0.399. The van der Waals surface area contributed by atoms with E-state index in [2.05, 4.69) is 30.8 Å². The molecule has 1 heterocycles. The van der Waals surface area contributed by atoms with Crippen molar-refractivity contribution in [3.63, 3.8) is 0 Å². The zero-order valence-electron chi connectivity index (χ0n) is 8.01. The first-order valence-electron chi connectivity index (χ1n) is 4.36. The van der Waals surface area contributed by atoms with Gasteiger partial charge in [-0.2, -0.15) is 5.10 Å². The van der Waals surface area contributed by atoms with Crippen molar-refractivity contribution in [2.75, 3.05) is 4.72 Å². The van der Waals surface area contributed by atoms with Crippen LogP contribution in [0.5, 0.6) is 0 Å². The summed E-state index contributed by atoms with van der Waals surface area (Å²) in [5, 5.41) is 6.19. The Balaban J connectivity index is 2.37. The van der Waals surface area contributed by atoms with Gasteiger partial charge in [0, 0.05) is 10.7 Å². The van der Waals surface area contributed by atoms with Crippen molar-refractivity contribution < 1.29 is 8.42 Å². The van der Waals surface area contributed by atoms with E-state index in [4.69, 9.17) is 0 Å². The van der Waals surface area contributed by atoms with E-state index >= 15 is 0 Å². The number of aromatic amines is 1. The number of rotatable bonds is 3. The molecule has 1 aromatic heterocycles. The summed E-state index contributed by atoms with van der Waals surface area (Å²) in [7, 11) is -3.57. The fraction of sp³-hybridized carbons (Fsp3) is 0. The number of anilines is 1. The van der Waals surface area contributed by atoms with Crippen LogP contribution in [0.4, 0.5) is 5.69 Å². The molecule has 16 heavy (non-hydrogen) atoms. The molecule has 2 N–H and O–H groups in total. The van der Waals surface area contributed by atoms with Crippen molar-refractivity contribution in [2.24, 2.45) is 0 Å². The Labute approximate surface area is 101 Å². The minimum Gasteiger partial charge on any atom is -0.284 e. The number of sulfonamides is 1. The number of hydrogen-bond donors (Lipinski definition) is 2. The molecule has 0 saturated heterocycles. The van der Waals surface area contributed by atoms with Crippen LogP contribution in [0, 0.1) is 0 Å². The van der Waals surface area contributed by atoms with Crippen molar-refractivity contribution in [1.29, 1.82) is 0 Å². The summed E-state index contributed by atoms with van der Waals surface area (Å²) in [6, 6.07) is 6.60. The molecule has 0 bridgehead atoms. The summed E-state index contributed by atoms with van der Waals surface area (Å²) in [6.07, 6.45) is 2.86. The average Bonchev–Trinajstić information content (AvgIpc) is 2.70. The van der Waals surface area contributed by atoms with Crippen molar-refractivity contribution in [3.05, 3.63) is 41.1 Å². The lowest BCUT2D eigenvalue weighted by Crippen LogP contribution is -2.12. The van der Waals surface area contributed by atoms with E-state index in [1.807, 2.05) is 0 Å². The topological polar surface area (TPSA) is 74.8 Å². The number of nitrogens with one attached hydrogen (secondary N) is 2. The molecule has 0 radical (unpaired) electrons. The van der Waals surface area contributed by atoms with Crippen molar-refractivity contribution in [2.45, 2.75) is 4.90 Å². The Morgan fingerprint density at radius 1 is 1.31 bits per heavy atom. The van der Waals surface area contributed by atoms with Crippen LogP contribution in [0.2, 0.25) is 0 Å². The van der Waals surface area contributed by atoms with Gasteiger partial charge in [0.25, 0.3) is 10.0 Å². The highest BCUT2D eigenvalue weighted by Crippen LogP contribution is 2.23. The number of aromatic nitrogens is 2. The van der Waals surface area contributed by atoms with E-state index in [0.29, 0.717) is 10.2 Å². The van der Waals surface area contributed by atoms with Gasteiger partial charge in [0.05, 0.1) is 11.9 Å². The van der Waals surface area contributed by atoms with Crippen LogP contribution in [0.25, 0.3) is 0 Å². The van der Waals surface area contributed by atoms with Gasteiger partial charge in [0.1, 0.15) is 4.90 Å². The molecule has 0 aliphatic carbocycles. The van der Waals surface area contributed by atoms with Gasteiger partial charge >= 0.3 is 0 Å². The SMILES string of the molecule is O=S(=O)(Nc1cn[nH]c1)c1ccccc1Br. The van der Waals surface area contributed by atoms with Crippen molar-refractivity contribution in [1.82, 2.24) is 10.2 Å². The third-order valence-electron chi connectivity index (χ3n) is 1.88. The number of nitrogens with zero attached hydrogens (tertiary/aromatic N) is 1. The first kappa shape index (κ1) is 11.2. The molecule has 0 saturated carbocycles. The Morgan fingerprint density at radius 2 is 2.06 bits per heavy atom. The van der Waals surface area contributed by atoms with Crippen LogP contribution in [0.3, 0.4) is 0 Å². The Bertz CT molecular complexity index is 581. The molecule has 0 spiro atoms. The fourth-order valence-corrected chi connectivity index (χ4v) is 3.22. The molecule has 84 valence electrons. The predicted molar refractivity (Wildman–Crippen MR) is 63.5 cm³/mol. The lowest BCUT2D eigenvalue weighted by molar-refractivity contribution is 0.601. The van der Waals surface area contributed by atoms with Gasteiger partial charge in [0.2, 0.25) is 0 Å². The zero-order chi connectivity index (χ0) is 11.6. The Morgan fingerprint density at radius 3 is 2.69 bits per heavy atom. The number of hydrogen-bond acceptors (Lipinski definition) is 3. The smallest absolute Gasteiger partial charge is 0.263 e. The fourth-order valence-electron chi connectivity index (χ4n) is 1.18.